The number of carboxylic acids is 1. The van der Waals surface area contributed by atoms with Gasteiger partial charge in [-0.15, -0.1) is 0 Å². The molecule has 3 rings (SSSR count). The number of nitrogens with one attached hydrogen (secondary N) is 1. The fourth-order valence-corrected chi connectivity index (χ4v) is 4.14. The lowest BCUT2D eigenvalue weighted by atomic mass is 10.0. The quantitative estimate of drug-likeness (QED) is 0.833. The molecule has 1 saturated heterocycles. The number of ether oxygens (including phenoxy) is 1. The van der Waals surface area contributed by atoms with Crippen molar-refractivity contribution in [2.45, 2.75) is 25.5 Å². The number of rotatable bonds is 6. The van der Waals surface area contributed by atoms with Crippen molar-refractivity contribution in [3.8, 4) is 0 Å². The van der Waals surface area contributed by atoms with Crippen LogP contribution in [0.25, 0.3) is 10.8 Å². The summed E-state index contributed by atoms with van der Waals surface area (Å²) in [6, 6.07) is 10.3. The summed E-state index contributed by atoms with van der Waals surface area (Å²) in [7, 11) is -3.45. The lowest BCUT2D eigenvalue weighted by molar-refractivity contribution is 0.0697. The fraction of sp³-hybridized carbons (Fsp3) is 0.353. The van der Waals surface area contributed by atoms with Crippen LogP contribution in [0.3, 0.4) is 0 Å². The van der Waals surface area contributed by atoms with Gasteiger partial charge in [0.2, 0.25) is 10.0 Å². The highest BCUT2D eigenvalue weighted by molar-refractivity contribution is 7.89. The zero-order valence-electron chi connectivity index (χ0n) is 13.1. The Morgan fingerprint density at radius 3 is 2.83 bits per heavy atom. The highest BCUT2D eigenvalue weighted by Gasteiger charge is 2.23. The van der Waals surface area contributed by atoms with Gasteiger partial charge in [-0.05, 0) is 41.3 Å². The van der Waals surface area contributed by atoms with Gasteiger partial charge in [0, 0.05) is 13.2 Å². The van der Waals surface area contributed by atoms with Crippen LogP contribution in [-0.2, 0) is 21.3 Å². The van der Waals surface area contributed by atoms with E-state index in [-0.39, 0.29) is 24.0 Å². The number of carbonyl (C=O) groups is 1. The maximum absolute atomic E-state index is 12.2. The molecule has 1 aliphatic heterocycles. The minimum atomic E-state index is -3.45. The Balaban J connectivity index is 1.79. The van der Waals surface area contributed by atoms with E-state index < -0.39 is 16.0 Å². The number of aromatic carboxylic acids is 1. The van der Waals surface area contributed by atoms with Gasteiger partial charge < -0.3 is 9.84 Å². The molecule has 128 valence electrons. The average molecular weight is 349 g/mol. The molecular weight excluding hydrogens is 330 g/mol. The van der Waals surface area contributed by atoms with Gasteiger partial charge in [0.1, 0.15) is 0 Å². The van der Waals surface area contributed by atoms with Crippen LogP contribution in [0, 0.1) is 0 Å². The molecule has 0 spiro atoms. The molecule has 0 bridgehead atoms. The Labute approximate surface area is 140 Å². The summed E-state index contributed by atoms with van der Waals surface area (Å²) >= 11 is 0. The molecule has 2 aromatic carbocycles. The first-order chi connectivity index (χ1) is 11.4. The van der Waals surface area contributed by atoms with E-state index in [1.165, 1.54) is 6.07 Å². The smallest absolute Gasteiger partial charge is 0.335 e. The van der Waals surface area contributed by atoms with Crippen LogP contribution in [-0.4, -0.2) is 38.0 Å². The van der Waals surface area contributed by atoms with E-state index in [0.717, 1.165) is 29.2 Å². The van der Waals surface area contributed by atoms with E-state index in [2.05, 4.69) is 4.72 Å². The van der Waals surface area contributed by atoms with Gasteiger partial charge in [-0.25, -0.2) is 17.9 Å². The van der Waals surface area contributed by atoms with E-state index in [9.17, 15) is 13.2 Å². The maximum atomic E-state index is 12.2. The molecule has 0 aliphatic carbocycles. The molecule has 1 unspecified atom stereocenters. The van der Waals surface area contributed by atoms with Crippen molar-refractivity contribution in [2.75, 3.05) is 12.4 Å². The van der Waals surface area contributed by atoms with Crippen LogP contribution in [0.1, 0.15) is 28.8 Å². The summed E-state index contributed by atoms with van der Waals surface area (Å²) in [5, 5.41) is 10.7. The molecular formula is C17H19NO5S. The highest BCUT2D eigenvalue weighted by atomic mass is 32.2. The second kappa shape index (κ2) is 6.88. The summed E-state index contributed by atoms with van der Waals surface area (Å²) in [5.74, 6) is -1.05. The van der Waals surface area contributed by atoms with Crippen molar-refractivity contribution >= 4 is 26.8 Å². The van der Waals surface area contributed by atoms with Gasteiger partial charge >= 0.3 is 5.97 Å². The molecule has 1 heterocycles. The molecule has 1 fully saturated rings. The summed E-state index contributed by atoms with van der Waals surface area (Å²) in [4.78, 5) is 11.1. The summed E-state index contributed by atoms with van der Waals surface area (Å²) in [6.45, 7) is 0.733. The fourth-order valence-electron chi connectivity index (χ4n) is 2.89. The molecule has 1 aliphatic rings. The van der Waals surface area contributed by atoms with Crippen LogP contribution in [0.4, 0.5) is 0 Å². The molecule has 1 atom stereocenters. The minimum absolute atomic E-state index is 0.0435. The van der Waals surface area contributed by atoms with Crippen molar-refractivity contribution in [3.05, 3.63) is 47.5 Å². The molecule has 0 amide bonds. The minimum Gasteiger partial charge on any atom is -0.478 e. The molecule has 0 saturated carbocycles. The van der Waals surface area contributed by atoms with Crippen LogP contribution in [0.2, 0.25) is 0 Å². The van der Waals surface area contributed by atoms with E-state index in [1.807, 2.05) is 12.1 Å². The molecule has 6 nitrogen and oxygen atoms in total. The number of hydrogen-bond acceptors (Lipinski definition) is 4. The van der Waals surface area contributed by atoms with Crippen LogP contribution in [0.15, 0.2) is 36.4 Å². The molecule has 0 aromatic heterocycles. The van der Waals surface area contributed by atoms with Crippen molar-refractivity contribution in [1.29, 1.82) is 0 Å². The van der Waals surface area contributed by atoms with Gasteiger partial charge in [0.15, 0.2) is 0 Å². The lowest BCUT2D eigenvalue weighted by Gasteiger charge is -2.12. The van der Waals surface area contributed by atoms with E-state index in [4.69, 9.17) is 9.84 Å². The Bertz CT molecular complexity index is 856. The van der Waals surface area contributed by atoms with E-state index in [0.29, 0.717) is 6.61 Å². The number of benzene rings is 2. The lowest BCUT2D eigenvalue weighted by Crippen LogP contribution is -2.31. The molecule has 0 radical (unpaired) electrons. The largest absolute Gasteiger partial charge is 0.478 e. The van der Waals surface area contributed by atoms with Gasteiger partial charge in [0.25, 0.3) is 0 Å². The predicted octanol–water partition coefficient (Wildman–Crippen LogP) is 2.14. The zero-order chi connectivity index (χ0) is 17.2. The topological polar surface area (TPSA) is 92.7 Å². The number of fused-ring (bicyclic) bond motifs is 1. The third-order valence-electron chi connectivity index (χ3n) is 4.13. The second-order valence-corrected chi connectivity index (χ2v) is 7.75. The molecule has 24 heavy (non-hydrogen) atoms. The molecule has 2 N–H and O–H groups in total. The SMILES string of the molecule is O=C(O)c1ccc2cccc(CNS(=O)(=O)CC3CCCO3)c2c1. The van der Waals surface area contributed by atoms with Crippen molar-refractivity contribution < 1.29 is 23.1 Å². The molecule has 7 heteroatoms. The Kier molecular flexibility index (Phi) is 4.84. The van der Waals surface area contributed by atoms with Gasteiger partial charge in [-0.3, -0.25) is 0 Å². The first-order valence-electron chi connectivity index (χ1n) is 7.78. The highest BCUT2D eigenvalue weighted by Crippen LogP contribution is 2.21. The second-order valence-electron chi connectivity index (χ2n) is 5.90. The maximum Gasteiger partial charge on any atom is 0.335 e. The van der Waals surface area contributed by atoms with Crippen LogP contribution >= 0.6 is 0 Å². The third kappa shape index (κ3) is 3.92. The van der Waals surface area contributed by atoms with Crippen molar-refractivity contribution in [2.24, 2.45) is 0 Å². The zero-order valence-corrected chi connectivity index (χ0v) is 13.9. The Hall–Kier alpha value is -1.96. The van der Waals surface area contributed by atoms with Crippen molar-refractivity contribution in [3.63, 3.8) is 0 Å². The normalized spacial score (nSPS) is 18.1. The molecule has 2 aromatic rings. The van der Waals surface area contributed by atoms with E-state index >= 15 is 0 Å². The number of hydrogen-bond donors (Lipinski definition) is 2. The number of carboxylic acid groups (broad SMARTS) is 1. The van der Waals surface area contributed by atoms with Gasteiger partial charge in [0.05, 0.1) is 17.4 Å². The standard InChI is InChI=1S/C17H19NO5S/c19-17(20)13-7-6-12-3-1-4-14(16(12)9-13)10-18-24(21,22)11-15-5-2-8-23-15/h1,3-4,6-7,9,15,18H,2,5,8,10-11H2,(H,19,20). The summed E-state index contributed by atoms with van der Waals surface area (Å²) in [5.41, 5.74) is 0.920. The Morgan fingerprint density at radius 2 is 2.12 bits per heavy atom. The number of sulfonamides is 1. The van der Waals surface area contributed by atoms with Gasteiger partial charge in [-0.2, -0.15) is 0 Å². The van der Waals surface area contributed by atoms with Crippen molar-refractivity contribution in [1.82, 2.24) is 4.72 Å². The van der Waals surface area contributed by atoms with Gasteiger partial charge in [-0.1, -0.05) is 24.3 Å². The van der Waals surface area contributed by atoms with Crippen LogP contribution in [0.5, 0.6) is 0 Å². The van der Waals surface area contributed by atoms with E-state index in [1.54, 1.807) is 18.2 Å². The summed E-state index contributed by atoms with van der Waals surface area (Å²) in [6.07, 6.45) is 1.41. The van der Waals surface area contributed by atoms with Crippen LogP contribution < -0.4 is 4.72 Å². The Morgan fingerprint density at radius 1 is 1.29 bits per heavy atom. The average Bonchev–Trinajstić information content (AvgIpc) is 3.04. The first-order valence-corrected chi connectivity index (χ1v) is 9.44. The summed E-state index contributed by atoms with van der Waals surface area (Å²) < 4.78 is 32.3. The third-order valence-corrected chi connectivity index (χ3v) is 5.53. The first kappa shape index (κ1) is 16.9. The predicted molar refractivity (Wildman–Crippen MR) is 90.5 cm³/mol. The monoisotopic (exact) mass is 349 g/mol.